The average molecular weight is 228 g/mol. The molecule has 0 unspecified atom stereocenters. The molecule has 1 N–H and O–H groups in total. The zero-order chi connectivity index (χ0) is 10.4. The summed E-state index contributed by atoms with van der Waals surface area (Å²) in [7, 11) is 0. The second kappa shape index (κ2) is 6.36. The molecule has 8 heteroatoms. The Hall–Kier alpha value is -2.11. The zero-order valence-electron chi connectivity index (χ0n) is 7.31. The Morgan fingerprint density at radius 3 is 2.73 bits per heavy atom. The van der Waals surface area contributed by atoms with Crippen LogP contribution < -0.4 is 0 Å². The van der Waals surface area contributed by atoms with Crippen molar-refractivity contribution in [2.45, 2.75) is 0 Å². The van der Waals surface area contributed by atoms with E-state index in [2.05, 4.69) is 20.2 Å². The molecule has 0 aliphatic carbocycles. The molecule has 0 saturated heterocycles. The van der Waals surface area contributed by atoms with Crippen molar-refractivity contribution in [3.8, 4) is 0 Å². The van der Waals surface area contributed by atoms with Crippen LogP contribution in [-0.4, -0.2) is 21.8 Å². The van der Waals surface area contributed by atoms with Gasteiger partial charge in [0.25, 0.3) is 5.91 Å². The predicted octanol–water partition coefficient (Wildman–Crippen LogP) is 1.52. The fourth-order valence-corrected chi connectivity index (χ4v) is 0.794. The van der Waals surface area contributed by atoms with Gasteiger partial charge < -0.3 is 5.21 Å². The van der Waals surface area contributed by atoms with Crippen LogP contribution in [0.25, 0.3) is 10.4 Å². The van der Waals surface area contributed by atoms with E-state index in [-0.39, 0.29) is 23.8 Å². The molecule has 15 heavy (non-hydrogen) atoms. The third kappa shape index (κ3) is 3.26. The van der Waals surface area contributed by atoms with E-state index in [0.717, 1.165) is 0 Å². The summed E-state index contributed by atoms with van der Waals surface area (Å²) in [4.78, 5) is 17.1. The highest BCUT2D eigenvalue weighted by Gasteiger charge is 2.13. The summed E-state index contributed by atoms with van der Waals surface area (Å²) >= 11 is 0. The van der Waals surface area contributed by atoms with Gasteiger partial charge in [-0.3, -0.25) is 9.78 Å². The third-order valence-electron chi connectivity index (χ3n) is 1.35. The van der Waals surface area contributed by atoms with Crippen LogP contribution in [0.3, 0.4) is 0 Å². The molecule has 1 amide bonds. The van der Waals surface area contributed by atoms with Crippen LogP contribution >= 0.6 is 12.4 Å². The SMILES string of the molecule is Cl.[N-]=[N+]=NC(=O)C(=NO)c1ccccn1. The summed E-state index contributed by atoms with van der Waals surface area (Å²) < 4.78 is 0. The number of amides is 1. The average Bonchev–Trinajstić information content (AvgIpc) is 2.21. The maximum atomic E-state index is 11.0. The number of halogens is 1. The second-order valence-corrected chi connectivity index (χ2v) is 2.16. The third-order valence-corrected chi connectivity index (χ3v) is 1.35. The molecule has 0 saturated carbocycles. The molecule has 0 aliphatic heterocycles. The van der Waals surface area contributed by atoms with E-state index in [1.807, 2.05) is 0 Å². The van der Waals surface area contributed by atoms with Gasteiger partial charge in [-0.05, 0) is 22.8 Å². The van der Waals surface area contributed by atoms with E-state index < -0.39 is 5.91 Å². The number of hydrogen-bond acceptors (Lipinski definition) is 4. The number of nitrogens with zero attached hydrogens (tertiary/aromatic N) is 5. The minimum atomic E-state index is -0.978. The van der Waals surface area contributed by atoms with Crippen LogP contribution in [0.2, 0.25) is 0 Å². The lowest BCUT2D eigenvalue weighted by Crippen LogP contribution is -2.13. The summed E-state index contributed by atoms with van der Waals surface area (Å²) in [6.45, 7) is 0. The predicted molar refractivity (Wildman–Crippen MR) is 54.0 cm³/mol. The Kier molecular flexibility index (Phi) is 5.47. The summed E-state index contributed by atoms with van der Waals surface area (Å²) in [6.07, 6.45) is 1.42. The van der Waals surface area contributed by atoms with Gasteiger partial charge in [0, 0.05) is 11.1 Å². The maximum absolute atomic E-state index is 11.0. The molecule has 1 heterocycles. The summed E-state index contributed by atoms with van der Waals surface area (Å²) in [5.74, 6) is -0.978. The van der Waals surface area contributed by atoms with Gasteiger partial charge in [0.15, 0.2) is 5.71 Å². The number of rotatable bonds is 2. The topological polar surface area (TPSA) is 111 Å². The first-order valence-electron chi connectivity index (χ1n) is 3.52. The molecule has 0 bridgehead atoms. The van der Waals surface area contributed by atoms with Crippen molar-refractivity contribution in [3.63, 3.8) is 0 Å². The second-order valence-electron chi connectivity index (χ2n) is 2.16. The summed E-state index contributed by atoms with van der Waals surface area (Å²) in [5, 5.41) is 14.0. The largest absolute Gasteiger partial charge is 0.410 e. The van der Waals surface area contributed by atoms with Crippen LogP contribution in [0.15, 0.2) is 34.7 Å². The fourth-order valence-electron chi connectivity index (χ4n) is 0.794. The molecule has 7 nitrogen and oxygen atoms in total. The number of aromatic nitrogens is 1. The van der Waals surface area contributed by atoms with E-state index in [9.17, 15) is 4.79 Å². The van der Waals surface area contributed by atoms with Crippen molar-refractivity contribution in [2.24, 2.45) is 10.3 Å². The zero-order valence-corrected chi connectivity index (χ0v) is 8.13. The van der Waals surface area contributed by atoms with Gasteiger partial charge >= 0.3 is 0 Å². The number of pyridine rings is 1. The van der Waals surface area contributed by atoms with Crippen LogP contribution in [-0.2, 0) is 4.79 Å². The minimum Gasteiger partial charge on any atom is -0.410 e. The van der Waals surface area contributed by atoms with Gasteiger partial charge in [-0.1, -0.05) is 11.2 Å². The normalized spacial score (nSPS) is 9.73. The molecule has 0 aromatic carbocycles. The lowest BCUT2D eigenvalue weighted by atomic mass is 10.2. The Morgan fingerprint density at radius 1 is 1.53 bits per heavy atom. The number of oxime groups is 1. The van der Waals surface area contributed by atoms with Crippen LogP contribution in [0.1, 0.15) is 5.69 Å². The Balaban J connectivity index is 0.00000196. The Bertz CT molecular complexity index is 413. The Morgan fingerprint density at radius 2 is 2.27 bits per heavy atom. The first-order valence-corrected chi connectivity index (χ1v) is 3.52. The molecule has 1 aromatic heterocycles. The number of azide groups is 1. The van der Waals surface area contributed by atoms with Gasteiger partial charge in [0.2, 0.25) is 0 Å². The molecule has 78 valence electrons. The van der Waals surface area contributed by atoms with Crippen molar-refractivity contribution in [3.05, 3.63) is 40.5 Å². The molecule has 1 aromatic rings. The summed E-state index contributed by atoms with van der Waals surface area (Å²) in [5.41, 5.74) is 7.77. The molecule has 1 rings (SSSR count). The van der Waals surface area contributed by atoms with Crippen LogP contribution in [0.4, 0.5) is 0 Å². The summed E-state index contributed by atoms with van der Waals surface area (Å²) in [6, 6.07) is 4.70. The van der Waals surface area contributed by atoms with Gasteiger partial charge in [-0.15, -0.1) is 12.4 Å². The lowest BCUT2D eigenvalue weighted by Gasteiger charge is -1.96. The maximum Gasteiger partial charge on any atom is 0.273 e. The smallest absolute Gasteiger partial charge is 0.273 e. The van der Waals surface area contributed by atoms with Crippen LogP contribution in [0.5, 0.6) is 0 Å². The first kappa shape index (κ1) is 12.9. The minimum absolute atomic E-state index is 0. The van der Waals surface area contributed by atoms with E-state index >= 15 is 0 Å². The quantitative estimate of drug-likeness (QED) is 0.206. The van der Waals surface area contributed by atoms with Crippen molar-refractivity contribution in [1.82, 2.24) is 4.98 Å². The first-order chi connectivity index (χ1) is 6.79. The monoisotopic (exact) mass is 227 g/mol. The molecule has 0 radical (unpaired) electrons. The number of carbonyl (C=O) groups is 1. The van der Waals surface area contributed by atoms with Crippen molar-refractivity contribution >= 4 is 24.0 Å². The molecule has 0 aliphatic rings. The van der Waals surface area contributed by atoms with Crippen LogP contribution in [0, 0.1) is 0 Å². The van der Waals surface area contributed by atoms with Gasteiger partial charge in [0.05, 0.1) is 5.69 Å². The highest BCUT2D eigenvalue weighted by molar-refractivity contribution is 6.44. The van der Waals surface area contributed by atoms with Gasteiger partial charge in [-0.2, -0.15) is 0 Å². The van der Waals surface area contributed by atoms with E-state index in [4.69, 9.17) is 10.7 Å². The number of hydrogen-bond donors (Lipinski definition) is 1. The standard InChI is InChI=1S/C7H5N5O2.ClH/c8-12-10-7(13)6(11-14)5-3-1-2-4-9-5;/h1-4,14H;1H. The number of carbonyl (C=O) groups excluding carboxylic acids is 1. The van der Waals surface area contributed by atoms with Gasteiger partial charge in [-0.25, -0.2) is 0 Å². The fraction of sp³-hybridized carbons (Fsp3) is 0. The lowest BCUT2D eigenvalue weighted by molar-refractivity contribution is -0.112. The van der Waals surface area contributed by atoms with Crippen molar-refractivity contribution < 1.29 is 10.0 Å². The highest BCUT2D eigenvalue weighted by Crippen LogP contribution is 1.98. The molecular formula is C7H6ClN5O2. The molecule has 0 spiro atoms. The Labute approximate surface area is 90.5 Å². The van der Waals surface area contributed by atoms with Crippen molar-refractivity contribution in [1.29, 1.82) is 0 Å². The molecular weight excluding hydrogens is 222 g/mol. The van der Waals surface area contributed by atoms with Gasteiger partial charge in [0.1, 0.15) is 0 Å². The highest BCUT2D eigenvalue weighted by atomic mass is 35.5. The molecule has 0 fully saturated rings. The van der Waals surface area contributed by atoms with E-state index in [0.29, 0.717) is 0 Å². The van der Waals surface area contributed by atoms with Crippen molar-refractivity contribution in [2.75, 3.05) is 0 Å². The van der Waals surface area contributed by atoms with E-state index in [1.54, 1.807) is 12.1 Å². The van der Waals surface area contributed by atoms with E-state index in [1.165, 1.54) is 12.3 Å². The molecule has 0 atom stereocenters.